The van der Waals surface area contributed by atoms with Gasteiger partial charge in [0.15, 0.2) is 0 Å². The molecule has 1 aliphatic heterocycles. The molecule has 31 heavy (non-hydrogen) atoms. The summed E-state index contributed by atoms with van der Waals surface area (Å²) >= 11 is 0. The van der Waals surface area contributed by atoms with Gasteiger partial charge in [-0.25, -0.2) is 18.0 Å². The minimum absolute atomic E-state index is 0.0346. The Morgan fingerprint density at radius 3 is 2.58 bits per heavy atom. The summed E-state index contributed by atoms with van der Waals surface area (Å²) in [6.45, 7) is 2.51. The second-order valence-electron chi connectivity index (χ2n) is 9.00. The van der Waals surface area contributed by atoms with Crippen LogP contribution in [0, 0.1) is 18.7 Å². The Kier molecular flexibility index (Phi) is 4.76. The third-order valence-electron chi connectivity index (χ3n) is 6.67. The molecule has 5 rings (SSSR count). The molecule has 2 aliphatic carbocycles. The number of pyridine rings is 1. The van der Waals surface area contributed by atoms with Gasteiger partial charge in [-0.05, 0) is 31.4 Å². The van der Waals surface area contributed by atoms with Gasteiger partial charge in [-0.2, -0.15) is 0 Å². The number of halogens is 3. The fourth-order valence-electron chi connectivity index (χ4n) is 4.72. The van der Waals surface area contributed by atoms with E-state index in [0.717, 1.165) is 25.1 Å². The maximum atomic E-state index is 15.2. The summed E-state index contributed by atoms with van der Waals surface area (Å²) in [5.74, 6) is -2.42. The number of benzene rings is 1. The Morgan fingerprint density at radius 1 is 1.26 bits per heavy atom. The molecule has 1 aromatic carbocycles. The average Bonchev–Trinajstić information content (AvgIpc) is 3.62. The van der Waals surface area contributed by atoms with Crippen LogP contribution in [0.3, 0.4) is 0 Å². The number of aromatic carboxylic acids is 1. The Labute approximate surface area is 176 Å². The number of nitrogens with one attached hydrogen (secondary N) is 1. The zero-order valence-electron chi connectivity index (χ0n) is 17.1. The van der Waals surface area contributed by atoms with Crippen molar-refractivity contribution in [2.45, 2.75) is 50.6 Å². The number of rotatable bonds is 6. The highest BCUT2D eigenvalue weighted by Gasteiger charge is 2.41. The van der Waals surface area contributed by atoms with Crippen LogP contribution in [0.2, 0.25) is 0 Å². The van der Waals surface area contributed by atoms with Gasteiger partial charge >= 0.3 is 5.97 Å². The van der Waals surface area contributed by atoms with E-state index >= 15 is 4.39 Å². The summed E-state index contributed by atoms with van der Waals surface area (Å²) in [6.07, 6.45) is 1.28. The predicted molar refractivity (Wildman–Crippen MR) is 110 cm³/mol. The molecule has 3 aliphatic rings. The van der Waals surface area contributed by atoms with E-state index in [2.05, 4.69) is 5.32 Å². The number of fused-ring (bicyclic) bond motifs is 1. The smallest absolute Gasteiger partial charge is 0.341 e. The fourth-order valence-corrected chi connectivity index (χ4v) is 4.72. The first-order valence-corrected chi connectivity index (χ1v) is 10.6. The first-order valence-electron chi connectivity index (χ1n) is 10.6. The zero-order valence-corrected chi connectivity index (χ0v) is 17.1. The molecule has 9 heteroatoms. The second kappa shape index (κ2) is 7.25. The summed E-state index contributed by atoms with van der Waals surface area (Å²) in [4.78, 5) is 25.9. The van der Waals surface area contributed by atoms with Crippen molar-refractivity contribution in [3.05, 3.63) is 39.4 Å². The molecule has 6 nitrogen and oxygen atoms in total. The van der Waals surface area contributed by atoms with Crippen LogP contribution in [0.4, 0.5) is 18.9 Å². The molecule has 0 bridgehead atoms. The molecule has 0 amide bonds. The molecule has 4 atom stereocenters. The summed E-state index contributed by atoms with van der Waals surface area (Å²) in [7, 11) is 0. The number of carboxylic acids is 1. The van der Waals surface area contributed by atoms with Crippen molar-refractivity contribution < 1.29 is 23.1 Å². The van der Waals surface area contributed by atoms with Crippen molar-refractivity contribution in [2.24, 2.45) is 5.92 Å². The number of hydrogen-bond donors (Lipinski definition) is 2. The molecular weight excluding hydrogens is 411 g/mol. The largest absolute Gasteiger partial charge is 0.477 e. The lowest BCUT2D eigenvalue weighted by Crippen LogP contribution is -2.30. The topological polar surface area (TPSA) is 74.6 Å². The third-order valence-corrected chi connectivity index (χ3v) is 6.67. The number of carbonyl (C=O) groups is 1. The van der Waals surface area contributed by atoms with Gasteiger partial charge in [-0.1, -0.05) is 0 Å². The highest BCUT2D eigenvalue weighted by molar-refractivity contribution is 5.95. The molecule has 2 N–H and O–H groups in total. The molecule has 166 valence electrons. The van der Waals surface area contributed by atoms with Crippen LogP contribution in [0.1, 0.15) is 41.2 Å². The molecule has 0 radical (unpaired) electrons. The quantitative estimate of drug-likeness (QED) is 0.730. The number of aryl methyl sites for hydroxylation is 1. The zero-order chi connectivity index (χ0) is 22.0. The monoisotopic (exact) mass is 435 g/mol. The molecule has 1 saturated heterocycles. The van der Waals surface area contributed by atoms with Gasteiger partial charge in [-0.3, -0.25) is 4.79 Å². The van der Waals surface area contributed by atoms with Gasteiger partial charge < -0.3 is 19.9 Å². The van der Waals surface area contributed by atoms with Gasteiger partial charge in [0.05, 0.1) is 17.2 Å². The lowest BCUT2D eigenvalue weighted by molar-refractivity contribution is 0.0694. The molecular formula is C22H24F3N3O3. The number of nitrogens with zero attached hydrogens (tertiary/aromatic N) is 2. The minimum atomic E-state index is -1.44. The van der Waals surface area contributed by atoms with E-state index in [1.54, 1.807) is 11.8 Å². The number of carboxylic acid groups (broad SMARTS) is 1. The maximum Gasteiger partial charge on any atom is 0.341 e. The number of aromatic nitrogens is 1. The van der Waals surface area contributed by atoms with E-state index in [0.29, 0.717) is 30.2 Å². The van der Waals surface area contributed by atoms with E-state index in [4.69, 9.17) is 0 Å². The van der Waals surface area contributed by atoms with Gasteiger partial charge in [0.2, 0.25) is 5.43 Å². The van der Waals surface area contributed by atoms with Crippen molar-refractivity contribution >= 4 is 22.6 Å². The van der Waals surface area contributed by atoms with Crippen LogP contribution >= 0.6 is 0 Å². The van der Waals surface area contributed by atoms with Crippen molar-refractivity contribution in [3.63, 3.8) is 0 Å². The molecule has 2 saturated carbocycles. The van der Waals surface area contributed by atoms with E-state index in [9.17, 15) is 23.5 Å². The highest BCUT2D eigenvalue weighted by Crippen LogP contribution is 2.43. The van der Waals surface area contributed by atoms with Crippen molar-refractivity contribution in [3.8, 4) is 0 Å². The normalized spacial score (nSPS) is 27.8. The third kappa shape index (κ3) is 3.48. The van der Waals surface area contributed by atoms with E-state index < -0.39 is 41.2 Å². The van der Waals surface area contributed by atoms with Gasteiger partial charge in [-0.15, -0.1) is 0 Å². The Bertz CT molecular complexity index is 1130. The van der Waals surface area contributed by atoms with Crippen LogP contribution in [0.5, 0.6) is 0 Å². The van der Waals surface area contributed by atoms with Gasteiger partial charge in [0, 0.05) is 49.6 Å². The van der Waals surface area contributed by atoms with Crippen molar-refractivity contribution in [1.82, 2.24) is 9.88 Å². The Morgan fingerprint density at radius 2 is 1.97 bits per heavy atom. The van der Waals surface area contributed by atoms with Gasteiger partial charge in [0.25, 0.3) is 0 Å². The van der Waals surface area contributed by atoms with Crippen LogP contribution in [-0.4, -0.2) is 53.7 Å². The lowest BCUT2D eigenvalue weighted by atomic mass is 10.0. The number of anilines is 1. The second-order valence-corrected chi connectivity index (χ2v) is 9.00. The summed E-state index contributed by atoms with van der Waals surface area (Å²) in [5.41, 5.74) is -0.428. The molecule has 3 fully saturated rings. The Hall–Kier alpha value is -2.55. The van der Waals surface area contributed by atoms with E-state index in [-0.39, 0.29) is 30.0 Å². The maximum absolute atomic E-state index is 15.2. The van der Waals surface area contributed by atoms with Crippen molar-refractivity contribution in [2.75, 3.05) is 24.5 Å². The summed E-state index contributed by atoms with van der Waals surface area (Å²) < 4.78 is 45.2. The lowest BCUT2D eigenvalue weighted by Gasteiger charge is -2.24. The standard InChI is InChI=1S/C22H24F3N3O3/c1-10-19-13(21(29)14(22(30)31)8-28(19)18-5-15(18)23)4-16(24)20(10)27-7-11(17(25)9-27)6-26-12-2-3-12/h4,8,11-12,15,17-18,26H,2-3,5-7,9H2,1H3,(H,30,31)/t11-,15-,17+,18+/m0/s1. The fraction of sp³-hybridized carbons (Fsp3) is 0.545. The first kappa shape index (κ1) is 20.4. The SMILES string of the molecule is Cc1c(N2C[C@H](CNC3CC3)[C@H](F)C2)c(F)cc2c(=O)c(C(=O)O)cn([C@@H]3C[C@@H]3F)c12. The highest BCUT2D eigenvalue weighted by atomic mass is 19.1. The summed E-state index contributed by atoms with van der Waals surface area (Å²) in [6, 6.07) is 0.869. The predicted octanol–water partition coefficient (Wildman–Crippen LogP) is 2.96. The van der Waals surface area contributed by atoms with Crippen LogP contribution < -0.4 is 15.6 Å². The minimum Gasteiger partial charge on any atom is -0.477 e. The van der Waals surface area contributed by atoms with E-state index in [1.165, 1.54) is 4.57 Å². The Balaban J connectivity index is 1.59. The first-order chi connectivity index (χ1) is 14.8. The van der Waals surface area contributed by atoms with Crippen LogP contribution in [-0.2, 0) is 0 Å². The molecule has 1 aromatic heterocycles. The molecule has 2 heterocycles. The number of hydrogen-bond acceptors (Lipinski definition) is 4. The van der Waals surface area contributed by atoms with Crippen LogP contribution in [0.25, 0.3) is 10.9 Å². The van der Waals surface area contributed by atoms with Crippen molar-refractivity contribution in [1.29, 1.82) is 0 Å². The molecule has 0 unspecified atom stereocenters. The molecule has 2 aromatic rings. The summed E-state index contributed by atoms with van der Waals surface area (Å²) in [5, 5.41) is 12.6. The van der Waals surface area contributed by atoms with E-state index in [1.807, 2.05) is 0 Å². The average molecular weight is 435 g/mol. The number of alkyl halides is 2. The van der Waals surface area contributed by atoms with Gasteiger partial charge in [0.1, 0.15) is 23.7 Å². The van der Waals surface area contributed by atoms with Crippen LogP contribution in [0.15, 0.2) is 17.1 Å². The molecule has 0 spiro atoms.